The zero-order valence-corrected chi connectivity index (χ0v) is 19.9. The second kappa shape index (κ2) is 10.4. The number of hydrogen-bond donors (Lipinski definition) is 2. The maximum absolute atomic E-state index is 12.7. The molecule has 8 heteroatoms. The first-order valence-electron chi connectivity index (χ1n) is 10.6. The molecular formula is C25H28N2O5S. The van der Waals surface area contributed by atoms with Crippen molar-refractivity contribution in [1.29, 1.82) is 0 Å². The fraction of sp³-hybridized carbons (Fsp3) is 0.240. The Morgan fingerprint density at radius 1 is 0.879 bits per heavy atom. The molecule has 7 nitrogen and oxygen atoms in total. The van der Waals surface area contributed by atoms with Gasteiger partial charge in [0.05, 0.1) is 11.5 Å². The van der Waals surface area contributed by atoms with Crippen molar-refractivity contribution < 1.29 is 22.7 Å². The molecule has 0 aliphatic heterocycles. The summed E-state index contributed by atoms with van der Waals surface area (Å²) in [5, 5.41) is 2.74. The molecule has 0 saturated heterocycles. The van der Waals surface area contributed by atoms with Crippen molar-refractivity contribution in [3.63, 3.8) is 0 Å². The summed E-state index contributed by atoms with van der Waals surface area (Å²) >= 11 is 0. The molecule has 0 aromatic heterocycles. The van der Waals surface area contributed by atoms with Crippen LogP contribution >= 0.6 is 0 Å². The highest BCUT2D eigenvalue weighted by Crippen LogP contribution is 2.22. The largest absolute Gasteiger partial charge is 0.494 e. The molecule has 33 heavy (non-hydrogen) atoms. The predicted octanol–water partition coefficient (Wildman–Crippen LogP) is 4.91. The van der Waals surface area contributed by atoms with Crippen LogP contribution in [0.2, 0.25) is 0 Å². The van der Waals surface area contributed by atoms with E-state index in [1.54, 1.807) is 31.2 Å². The van der Waals surface area contributed by atoms with Gasteiger partial charge in [0.15, 0.2) is 6.10 Å². The van der Waals surface area contributed by atoms with Gasteiger partial charge in [0.1, 0.15) is 11.5 Å². The fourth-order valence-electron chi connectivity index (χ4n) is 3.01. The molecule has 174 valence electrons. The van der Waals surface area contributed by atoms with Gasteiger partial charge in [0.25, 0.3) is 15.9 Å². The Balaban J connectivity index is 1.61. The molecule has 2 N–H and O–H groups in total. The molecule has 0 spiro atoms. The molecule has 0 aliphatic carbocycles. The average Bonchev–Trinajstić information content (AvgIpc) is 2.78. The molecule has 0 bridgehead atoms. The fourth-order valence-corrected chi connectivity index (χ4v) is 4.06. The van der Waals surface area contributed by atoms with Crippen LogP contribution in [0.25, 0.3) is 0 Å². The molecule has 3 aromatic rings. The van der Waals surface area contributed by atoms with E-state index in [1.165, 1.54) is 24.3 Å². The zero-order valence-electron chi connectivity index (χ0n) is 19.1. The molecule has 1 amide bonds. The number of ether oxygens (including phenoxy) is 2. The molecule has 1 atom stereocenters. The number of hydrogen-bond acceptors (Lipinski definition) is 5. The number of benzene rings is 3. The van der Waals surface area contributed by atoms with Crippen molar-refractivity contribution in [3.05, 3.63) is 77.9 Å². The molecular weight excluding hydrogens is 440 g/mol. The van der Waals surface area contributed by atoms with Gasteiger partial charge in [-0.1, -0.05) is 6.07 Å². The number of anilines is 2. The Bertz CT molecular complexity index is 1210. The van der Waals surface area contributed by atoms with E-state index in [2.05, 4.69) is 10.0 Å². The Morgan fingerprint density at radius 3 is 2.09 bits per heavy atom. The molecule has 0 aliphatic rings. The Morgan fingerprint density at radius 2 is 1.48 bits per heavy atom. The third-order valence-electron chi connectivity index (χ3n) is 5.01. The second-order valence-electron chi connectivity index (χ2n) is 7.58. The topological polar surface area (TPSA) is 93.7 Å². The number of rotatable bonds is 9. The summed E-state index contributed by atoms with van der Waals surface area (Å²) in [5.74, 6) is 0.940. The minimum absolute atomic E-state index is 0.0776. The normalized spacial score (nSPS) is 12.0. The van der Waals surface area contributed by atoms with Gasteiger partial charge in [-0.3, -0.25) is 9.52 Å². The highest BCUT2D eigenvalue weighted by molar-refractivity contribution is 7.92. The minimum Gasteiger partial charge on any atom is -0.494 e. The van der Waals surface area contributed by atoms with E-state index < -0.39 is 16.1 Å². The summed E-state index contributed by atoms with van der Waals surface area (Å²) in [7, 11) is -3.78. The lowest BCUT2D eigenvalue weighted by molar-refractivity contribution is -0.122. The van der Waals surface area contributed by atoms with Gasteiger partial charge >= 0.3 is 0 Å². The van der Waals surface area contributed by atoms with Gasteiger partial charge in [-0.15, -0.1) is 0 Å². The van der Waals surface area contributed by atoms with E-state index in [0.29, 0.717) is 29.5 Å². The maximum atomic E-state index is 12.7. The van der Waals surface area contributed by atoms with Crippen LogP contribution in [0.5, 0.6) is 11.5 Å². The summed E-state index contributed by atoms with van der Waals surface area (Å²) in [6, 6.07) is 18.2. The summed E-state index contributed by atoms with van der Waals surface area (Å²) in [5.41, 5.74) is 3.12. The minimum atomic E-state index is -3.78. The number of amides is 1. The summed E-state index contributed by atoms with van der Waals surface area (Å²) in [6.45, 7) is 8.05. The smallest absolute Gasteiger partial charge is 0.265 e. The van der Waals surface area contributed by atoms with Crippen LogP contribution in [0, 0.1) is 13.8 Å². The first-order chi connectivity index (χ1) is 15.7. The Kier molecular flexibility index (Phi) is 7.60. The highest BCUT2D eigenvalue weighted by atomic mass is 32.2. The maximum Gasteiger partial charge on any atom is 0.265 e. The van der Waals surface area contributed by atoms with Gasteiger partial charge in [0, 0.05) is 11.4 Å². The third-order valence-corrected chi connectivity index (χ3v) is 6.41. The predicted molar refractivity (Wildman–Crippen MR) is 129 cm³/mol. The summed E-state index contributed by atoms with van der Waals surface area (Å²) in [4.78, 5) is 12.6. The monoisotopic (exact) mass is 468 g/mol. The van der Waals surface area contributed by atoms with Gasteiger partial charge in [0.2, 0.25) is 0 Å². The molecule has 0 radical (unpaired) electrons. The molecule has 0 saturated carbocycles. The van der Waals surface area contributed by atoms with Crippen molar-refractivity contribution in [1.82, 2.24) is 0 Å². The lowest BCUT2D eigenvalue weighted by Crippen LogP contribution is -2.30. The average molecular weight is 469 g/mol. The third kappa shape index (κ3) is 6.49. The van der Waals surface area contributed by atoms with Crippen molar-refractivity contribution in [2.75, 3.05) is 16.6 Å². The van der Waals surface area contributed by atoms with Gasteiger partial charge < -0.3 is 14.8 Å². The molecule has 0 fully saturated rings. The Hall–Kier alpha value is -3.52. The number of sulfonamides is 1. The number of carbonyl (C=O) groups is 1. The highest BCUT2D eigenvalue weighted by Gasteiger charge is 2.17. The van der Waals surface area contributed by atoms with Crippen LogP contribution in [-0.2, 0) is 14.8 Å². The lowest BCUT2D eigenvalue weighted by Gasteiger charge is -2.16. The van der Waals surface area contributed by atoms with Crippen LogP contribution in [0.3, 0.4) is 0 Å². The van der Waals surface area contributed by atoms with E-state index in [0.717, 1.165) is 11.1 Å². The first-order valence-corrected chi connectivity index (χ1v) is 12.1. The van der Waals surface area contributed by atoms with E-state index in [9.17, 15) is 13.2 Å². The molecule has 3 aromatic carbocycles. The Labute approximate surface area is 194 Å². The van der Waals surface area contributed by atoms with Crippen LogP contribution in [0.4, 0.5) is 11.4 Å². The van der Waals surface area contributed by atoms with Gasteiger partial charge in [-0.25, -0.2) is 8.42 Å². The van der Waals surface area contributed by atoms with Crippen LogP contribution < -0.4 is 19.5 Å². The quantitative estimate of drug-likeness (QED) is 0.465. The van der Waals surface area contributed by atoms with E-state index in [1.807, 2.05) is 39.0 Å². The number of carbonyl (C=O) groups excluding carboxylic acids is 1. The lowest BCUT2D eigenvalue weighted by atomic mass is 10.1. The van der Waals surface area contributed by atoms with E-state index in [-0.39, 0.29) is 10.8 Å². The van der Waals surface area contributed by atoms with Gasteiger partial charge in [-0.05, 0) is 99.5 Å². The molecule has 3 rings (SSSR count). The van der Waals surface area contributed by atoms with Crippen molar-refractivity contribution in [3.8, 4) is 11.5 Å². The zero-order chi connectivity index (χ0) is 24.0. The van der Waals surface area contributed by atoms with E-state index in [4.69, 9.17) is 9.47 Å². The number of nitrogens with one attached hydrogen (secondary N) is 2. The van der Waals surface area contributed by atoms with Crippen molar-refractivity contribution >= 4 is 27.3 Å². The molecule has 0 heterocycles. The van der Waals surface area contributed by atoms with E-state index >= 15 is 0 Å². The van der Waals surface area contributed by atoms with Crippen LogP contribution in [-0.4, -0.2) is 27.0 Å². The standard InChI is InChI=1S/C25H28N2O5S/c1-5-31-22-12-7-21(8-13-22)27-33(29,30)24-14-9-20(10-15-24)26-25(28)19(4)32-23-11-6-17(2)18(3)16-23/h6-16,19,27H,5H2,1-4H3,(H,26,28)/t19-/m0/s1. The second-order valence-corrected chi connectivity index (χ2v) is 9.27. The number of aryl methyl sites for hydroxylation is 2. The van der Waals surface area contributed by atoms with Crippen LogP contribution in [0.1, 0.15) is 25.0 Å². The summed E-state index contributed by atoms with van der Waals surface area (Å²) < 4.78 is 38.9. The summed E-state index contributed by atoms with van der Waals surface area (Å²) in [6.07, 6.45) is -0.725. The first kappa shape index (κ1) is 24.1. The van der Waals surface area contributed by atoms with Crippen molar-refractivity contribution in [2.45, 2.75) is 38.7 Å². The van der Waals surface area contributed by atoms with Crippen LogP contribution in [0.15, 0.2) is 71.6 Å². The molecule has 0 unspecified atom stereocenters. The SMILES string of the molecule is CCOc1ccc(NS(=O)(=O)c2ccc(NC(=O)[C@H](C)Oc3ccc(C)c(C)c3)cc2)cc1. The van der Waals surface area contributed by atoms with Crippen molar-refractivity contribution in [2.24, 2.45) is 0 Å². The van der Waals surface area contributed by atoms with Gasteiger partial charge in [-0.2, -0.15) is 0 Å².